The highest BCUT2D eigenvalue weighted by Gasteiger charge is 2.14. The van der Waals surface area contributed by atoms with Gasteiger partial charge in [0, 0.05) is 11.3 Å². The monoisotopic (exact) mass is 399 g/mol. The summed E-state index contributed by atoms with van der Waals surface area (Å²) in [7, 11) is 0. The molecular formula is C20H14ClNO4S. The number of Topliss-reactive ketones (excluding diaryl/α,β-unsaturated/α-hetero) is 1. The van der Waals surface area contributed by atoms with Gasteiger partial charge in [-0.05, 0) is 47.8 Å². The number of ether oxygens (including phenoxy) is 1. The average Bonchev–Trinajstić information content (AvgIpc) is 3.22. The van der Waals surface area contributed by atoms with E-state index in [1.165, 1.54) is 23.5 Å². The largest absolute Gasteiger partial charge is 0.454 e. The van der Waals surface area contributed by atoms with Crippen molar-refractivity contribution in [2.75, 3.05) is 11.9 Å². The summed E-state index contributed by atoms with van der Waals surface area (Å²) in [6.07, 6.45) is 0. The van der Waals surface area contributed by atoms with Crippen molar-refractivity contribution in [3.8, 4) is 0 Å². The maximum absolute atomic E-state index is 12.1. The van der Waals surface area contributed by atoms with E-state index in [0.717, 1.165) is 0 Å². The Bertz CT molecular complexity index is 968. The van der Waals surface area contributed by atoms with Crippen molar-refractivity contribution in [2.45, 2.75) is 0 Å². The number of hydrogen-bond donors (Lipinski definition) is 1. The van der Waals surface area contributed by atoms with Gasteiger partial charge in [0.1, 0.15) is 0 Å². The van der Waals surface area contributed by atoms with E-state index in [2.05, 4.69) is 5.32 Å². The van der Waals surface area contributed by atoms with Gasteiger partial charge in [0.05, 0.1) is 15.5 Å². The summed E-state index contributed by atoms with van der Waals surface area (Å²) in [6.45, 7) is -0.403. The molecule has 0 aliphatic heterocycles. The Hall–Kier alpha value is -2.96. The number of thiophene rings is 1. The Labute approximate surface area is 164 Å². The van der Waals surface area contributed by atoms with E-state index >= 15 is 0 Å². The highest BCUT2D eigenvalue weighted by molar-refractivity contribution is 7.12. The predicted molar refractivity (Wildman–Crippen MR) is 105 cm³/mol. The molecule has 0 fully saturated rings. The van der Waals surface area contributed by atoms with Gasteiger partial charge in [0.2, 0.25) is 5.78 Å². The Morgan fingerprint density at radius 3 is 2.37 bits per heavy atom. The number of carbonyl (C=O) groups excluding carboxylic acids is 3. The van der Waals surface area contributed by atoms with Crippen LogP contribution in [0.3, 0.4) is 0 Å². The molecule has 3 rings (SSSR count). The minimum absolute atomic E-state index is 0.217. The molecule has 3 aromatic rings. The van der Waals surface area contributed by atoms with E-state index in [-0.39, 0.29) is 17.3 Å². The fraction of sp³-hybridized carbons (Fsp3) is 0.0500. The lowest BCUT2D eigenvalue weighted by molar-refractivity contribution is 0.0475. The number of rotatable bonds is 6. The molecule has 1 aromatic heterocycles. The number of nitrogens with one attached hydrogen (secondary N) is 1. The fourth-order valence-corrected chi connectivity index (χ4v) is 3.13. The zero-order chi connectivity index (χ0) is 19.2. The lowest BCUT2D eigenvalue weighted by Crippen LogP contribution is -2.15. The molecule has 0 saturated carbocycles. The van der Waals surface area contributed by atoms with E-state index in [9.17, 15) is 14.4 Å². The number of anilines is 1. The van der Waals surface area contributed by atoms with Crippen molar-refractivity contribution in [1.29, 1.82) is 0 Å². The second-order valence-corrected chi connectivity index (χ2v) is 6.84. The average molecular weight is 400 g/mol. The summed E-state index contributed by atoms with van der Waals surface area (Å²) in [5, 5.41) is 4.87. The van der Waals surface area contributed by atoms with E-state index in [1.807, 2.05) is 5.38 Å². The van der Waals surface area contributed by atoms with Crippen molar-refractivity contribution in [3.63, 3.8) is 0 Å². The molecule has 0 atom stereocenters. The maximum Gasteiger partial charge on any atom is 0.338 e. The van der Waals surface area contributed by atoms with Gasteiger partial charge in [0.25, 0.3) is 5.91 Å². The molecule has 0 radical (unpaired) electrons. The zero-order valence-electron chi connectivity index (χ0n) is 14.0. The van der Waals surface area contributed by atoms with Crippen LogP contribution in [0.5, 0.6) is 0 Å². The highest BCUT2D eigenvalue weighted by atomic mass is 35.5. The van der Waals surface area contributed by atoms with Gasteiger partial charge in [-0.3, -0.25) is 9.59 Å². The Morgan fingerprint density at radius 1 is 0.963 bits per heavy atom. The molecule has 136 valence electrons. The van der Waals surface area contributed by atoms with Crippen molar-refractivity contribution in [3.05, 3.63) is 87.1 Å². The van der Waals surface area contributed by atoms with Crippen molar-refractivity contribution >= 4 is 46.3 Å². The number of amides is 1. The fourth-order valence-electron chi connectivity index (χ4n) is 2.27. The van der Waals surface area contributed by atoms with E-state index < -0.39 is 12.6 Å². The van der Waals surface area contributed by atoms with Crippen LogP contribution in [0.15, 0.2) is 66.0 Å². The number of esters is 1. The van der Waals surface area contributed by atoms with Gasteiger partial charge in [0.15, 0.2) is 6.61 Å². The topological polar surface area (TPSA) is 72.5 Å². The number of hydrogen-bond acceptors (Lipinski definition) is 5. The van der Waals surface area contributed by atoms with Crippen LogP contribution in [0, 0.1) is 0 Å². The molecular weight excluding hydrogens is 386 g/mol. The SMILES string of the molecule is O=C(OCC(=O)c1ccccc1Cl)c1ccc(NC(=O)c2cccs2)cc1. The molecule has 0 spiro atoms. The van der Waals surface area contributed by atoms with Gasteiger partial charge in [-0.2, -0.15) is 0 Å². The molecule has 5 nitrogen and oxygen atoms in total. The molecule has 0 bridgehead atoms. The smallest absolute Gasteiger partial charge is 0.338 e. The molecule has 0 aliphatic rings. The molecule has 2 aromatic carbocycles. The zero-order valence-corrected chi connectivity index (χ0v) is 15.5. The van der Waals surface area contributed by atoms with E-state index in [0.29, 0.717) is 21.2 Å². The van der Waals surface area contributed by atoms with Crippen LogP contribution in [0.4, 0.5) is 5.69 Å². The van der Waals surface area contributed by atoms with Gasteiger partial charge in [-0.25, -0.2) is 4.79 Å². The third-order valence-electron chi connectivity index (χ3n) is 3.63. The van der Waals surface area contributed by atoms with Crippen LogP contribution in [-0.4, -0.2) is 24.3 Å². The molecule has 0 aliphatic carbocycles. The Balaban J connectivity index is 1.57. The molecule has 1 N–H and O–H groups in total. The molecule has 27 heavy (non-hydrogen) atoms. The normalized spacial score (nSPS) is 10.3. The summed E-state index contributed by atoms with van der Waals surface area (Å²) >= 11 is 7.29. The number of ketones is 1. The Kier molecular flexibility index (Phi) is 6.01. The van der Waals surface area contributed by atoms with Gasteiger partial charge >= 0.3 is 5.97 Å². The van der Waals surface area contributed by atoms with Gasteiger partial charge in [-0.1, -0.05) is 29.8 Å². The summed E-state index contributed by atoms with van der Waals surface area (Å²) < 4.78 is 5.05. The quantitative estimate of drug-likeness (QED) is 0.482. The number of carbonyl (C=O) groups is 3. The first-order valence-corrected chi connectivity index (χ1v) is 9.20. The third-order valence-corrected chi connectivity index (χ3v) is 4.83. The van der Waals surface area contributed by atoms with Crippen molar-refractivity contribution in [2.24, 2.45) is 0 Å². The number of halogens is 1. The minimum Gasteiger partial charge on any atom is -0.454 e. The lowest BCUT2D eigenvalue weighted by atomic mass is 10.1. The van der Waals surface area contributed by atoms with E-state index in [1.54, 1.807) is 48.5 Å². The standard InChI is InChI=1S/C20H14ClNO4S/c21-16-5-2-1-4-15(16)17(23)12-26-20(25)13-7-9-14(10-8-13)22-19(24)18-6-3-11-27-18/h1-11H,12H2,(H,22,24). The lowest BCUT2D eigenvalue weighted by Gasteiger charge is -2.07. The number of benzene rings is 2. The maximum atomic E-state index is 12.1. The first-order chi connectivity index (χ1) is 13.0. The first-order valence-electron chi connectivity index (χ1n) is 7.94. The predicted octanol–water partition coefficient (Wildman–Crippen LogP) is 4.69. The molecule has 1 heterocycles. The van der Waals surface area contributed by atoms with Crippen molar-refractivity contribution in [1.82, 2.24) is 0 Å². The highest BCUT2D eigenvalue weighted by Crippen LogP contribution is 2.17. The van der Waals surface area contributed by atoms with Crippen molar-refractivity contribution < 1.29 is 19.1 Å². The summed E-state index contributed by atoms with van der Waals surface area (Å²) in [4.78, 5) is 36.8. The molecule has 1 amide bonds. The summed E-state index contributed by atoms with van der Waals surface area (Å²) in [5.74, 6) is -1.23. The van der Waals surface area contributed by atoms with Crippen LogP contribution in [0.2, 0.25) is 5.02 Å². The molecule has 7 heteroatoms. The summed E-state index contributed by atoms with van der Waals surface area (Å²) in [5.41, 5.74) is 1.13. The minimum atomic E-state index is -0.633. The molecule has 0 unspecified atom stereocenters. The van der Waals surface area contributed by atoms with Crippen LogP contribution < -0.4 is 5.32 Å². The van der Waals surface area contributed by atoms with Gasteiger partial charge in [-0.15, -0.1) is 11.3 Å². The van der Waals surface area contributed by atoms with E-state index in [4.69, 9.17) is 16.3 Å². The summed E-state index contributed by atoms with van der Waals surface area (Å²) in [6, 6.07) is 16.3. The van der Waals surface area contributed by atoms with Crippen LogP contribution >= 0.6 is 22.9 Å². The molecule has 0 saturated heterocycles. The first kappa shape index (κ1) is 18.8. The Morgan fingerprint density at radius 2 is 1.70 bits per heavy atom. The van der Waals surface area contributed by atoms with Crippen LogP contribution in [0.1, 0.15) is 30.4 Å². The van der Waals surface area contributed by atoms with Crippen LogP contribution in [-0.2, 0) is 4.74 Å². The second kappa shape index (κ2) is 8.62. The van der Waals surface area contributed by atoms with Gasteiger partial charge < -0.3 is 10.1 Å². The second-order valence-electron chi connectivity index (χ2n) is 5.49. The van der Waals surface area contributed by atoms with Crippen LogP contribution in [0.25, 0.3) is 0 Å². The third kappa shape index (κ3) is 4.81.